The SMILES string of the molecule is CC(C)CN(CC(=O)N(Cc1cccn1C)C1CC1)S(=O)(=O)c1ccc([N+](=O)[O-])cc1. The van der Waals surface area contributed by atoms with Crippen molar-refractivity contribution in [2.24, 2.45) is 13.0 Å². The average Bonchev–Trinajstić information content (AvgIpc) is 3.47. The largest absolute Gasteiger partial charge is 0.353 e. The Morgan fingerprint density at radius 2 is 1.87 bits per heavy atom. The van der Waals surface area contributed by atoms with E-state index in [9.17, 15) is 23.3 Å². The van der Waals surface area contributed by atoms with Crippen molar-refractivity contribution in [2.75, 3.05) is 13.1 Å². The molecule has 1 amide bonds. The van der Waals surface area contributed by atoms with E-state index in [1.807, 2.05) is 43.8 Å². The molecular formula is C21H28N4O5S. The molecule has 0 N–H and O–H groups in total. The standard InChI is InChI=1S/C21H28N4O5S/c1-16(2)13-23(31(29,30)20-10-8-18(9-11-20)25(27)28)15-21(26)24(17-6-7-17)14-19-5-4-12-22(19)3/h4-5,8-12,16-17H,6-7,13-15H2,1-3H3. The van der Waals surface area contributed by atoms with Gasteiger partial charge in [-0.15, -0.1) is 0 Å². The maximum absolute atomic E-state index is 13.2. The summed E-state index contributed by atoms with van der Waals surface area (Å²) in [5.74, 6) is -0.238. The highest BCUT2D eigenvalue weighted by Crippen LogP contribution is 2.29. The number of nitrogens with zero attached hydrogens (tertiary/aromatic N) is 4. The molecule has 1 aliphatic carbocycles. The second-order valence-corrected chi connectivity index (χ2v) is 10.2. The van der Waals surface area contributed by atoms with Crippen molar-refractivity contribution in [1.29, 1.82) is 0 Å². The van der Waals surface area contributed by atoms with E-state index in [0.717, 1.165) is 30.7 Å². The lowest BCUT2D eigenvalue weighted by Crippen LogP contribution is -2.44. The van der Waals surface area contributed by atoms with E-state index < -0.39 is 14.9 Å². The van der Waals surface area contributed by atoms with Gasteiger partial charge < -0.3 is 9.47 Å². The molecule has 0 atom stereocenters. The van der Waals surface area contributed by atoms with Crippen LogP contribution in [0.1, 0.15) is 32.4 Å². The molecular weight excluding hydrogens is 420 g/mol. The van der Waals surface area contributed by atoms with Crippen molar-refractivity contribution in [2.45, 2.75) is 44.2 Å². The van der Waals surface area contributed by atoms with Gasteiger partial charge in [0.1, 0.15) is 0 Å². The number of aromatic nitrogens is 1. The number of sulfonamides is 1. The third-order valence-electron chi connectivity index (χ3n) is 5.26. The first kappa shape index (κ1) is 23.0. The van der Waals surface area contributed by atoms with Crippen LogP contribution in [0.3, 0.4) is 0 Å². The summed E-state index contributed by atoms with van der Waals surface area (Å²) in [4.78, 5) is 25.2. The predicted octanol–water partition coefficient (Wildman–Crippen LogP) is 2.77. The average molecular weight is 449 g/mol. The first-order valence-corrected chi connectivity index (χ1v) is 11.7. The summed E-state index contributed by atoms with van der Waals surface area (Å²) in [7, 11) is -2.07. The number of benzene rings is 1. The summed E-state index contributed by atoms with van der Waals surface area (Å²) in [5, 5.41) is 10.9. The Kier molecular flexibility index (Phi) is 6.80. The molecule has 168 valence electrons. The number of nitro groups is 1. The van der Waals surface area contributed by atoms with Gasteiger partial charge in [0, 0.05) is 43.7 Å². The molecule has 0 bridgehead atoms. The Balaban J connectivity index is 1.83. The van der Waals surface area contributed by atoms with E-state index in [1.165, 1.54) is 16.4 Å². The minimum atomic E-state index is -3.98. The maximum Gasteiger partial charge on any atom is 0.269 e. The minimum absolute atomic E-state index is 0.00266. The molecule has 1 fully saturated rings. The zero-order valence-corrected chi connectivity index (χ0v) is 18.8. The number of hydrogen-bond donors (Lipinski definition) is 0. The number of aryl methyl sites for hydroxylation is 1. The van der Waals surface area contributed by atoms with Crippen molar-refractivity contribution >= 4 is 21.6 Å². The van der Waals surface area contributed by atoms with E-state index in [4.69, 9.17) is 0 Å². The van der Waals surface area contributed by atoms with E-state index in [2.05, 4.69) is 0 Å². The van der Waals surface area contributed by atoms with Crippen molar-refractivity contribution < 1.29 is 18.1 Å². The molecule has 0 saturated heterocycles. The Bertz CT molecular complexity index is 1040. The Hall–Kier alpha value is -2.72. The molecule has 10 heteroatoms. The van der Waals surface area contributed by atoms with Crippen LogP contribution in [0.4, 0.5) is 5.69 Å². The van der Waals surface area contributed by atoms with Gasteiger partial charge in [-0.3, -0.25) is 14.9 Å². The number of non-ortho nitro benzene ring substituents is 1. The quantitative estimate of drug-likeness (QED) is 0.410. The first-order chi connectivity index (χ1) is 14.6. The van der Waals surface area contributed by atoms with E-state index in [1.54, 1.807) is 4.90 Å². The highest BCUT2D eigenvalue weighted by atomic mass is 32.2. The molecule has 3 rings (SSSR count). The van der Waals surface area contributed by atoms with Crippen molar-refractivity contribution in [3.8, 4) is 0 Å². The number of carbonyl (C=O) groups excluding carboxylic acids is 1. The van der Waals surface area contributed by atoms with Gasteiger partial charge in [-0.2, -0.15) is 4.31 Å². The van der Waals surface area contributed by atoms with Crippen molar-refractivity contribution in [3.05, 3.63) is 58.4 Å². The highest BCUT2D eigenvalue weighted by Gasteiger charge is 2.36. The molecule has 1 aliphatic rings. The lowest BCUT2D eigenvalue weighted by molar-refractivity contribution is -0.384. The molecule has 2 aromatic rings. The van der Waals surface area contributed by atoms with Gasteiger partial charge in [0.15, 0.2) is 0 Å². The number of amides is 1. The Morgan fingerprint density at radius 3 is 2.35 bits per heavy atom. The maximum atomic E-state index is 13.2. The third-order valence-corrected chi connectivity index (χ3v) is 7.08. The molecule has 0 radical (unpaired) electrons. The normalized spacial score (nSPS) is 14.2. The zero-order valence-electron chi connectivity index (χ0n) is 18.0. The second-order valence-electron chi connectivity index (χ2n) is 8.31. The molecule has 1 saturated carbocycles. The van der Waals surface area contributed by atoms with Gasteiger partial charge in [-0.05, 0) is 43.0 Å². The zero-order chi connectivity index (χ0) is 22.8. The van der Waals surface area contributed by atoms with Crippen LogP contribution in [0.25, 0.3) is 0 Å². The van der Waals surface area contributed by atoms with Gasteiger partial charge in [-0.25, -0.2) is 8.42 Å². The van der Waals surface area contributed by atoms with Crippen molar-refractivity contribution in [3.63, 3.8) is 0 Å². The predicted molar refractivity (Wildman–Crippen MR) is 116 cm³/mol. The van der Waals surface area contributed by atoms with Crippen LogP contribution in [0.2, 0.25) is 0 Å². The third kappa shape index (κ3) is 5.50. The molecule has 0 aliphatic heterocycles. The number of rotatable bonds is 10. The first-order valence-electron chi connectivity index (χ1n) is 10.2. The van der Waals surface area contributed by atoms with Crippen LogP contribution in [-0.2, 0) is 28.4 Å². The molecule has 1 aromatic carbocycles. The van der Waals surface area contributed by atoms with Crippen LogP contribution < -0.4 is 0 Å². The monoisotopic (exact) mass is 448 g/mol. The van der Waals surface area contributed by atoms with Crippen molar-refractivity contribution in [1.82, 2.24) is 13.8 Å². The van der Waals surface area contributed by atoms with Gasteiger partial charge in [0.25, 0.3) is 5.69 Å². The molecule has 31 heavy (non-hydrogen) atoms. The van der Waals surface area contributed by atoms with E-state index >= 15 is 0 Å². The van der Waals surface area contributed by atoms with Crippen LogP contribution in [0.5, 0.6) is 0 Å². The molecule has 1 heterocycles. The molecule has 1 aromatic heterocycles. The van der Waals surface area contributed by atoms with E-state index in [-0.39, 0.29) is 41.5 Å². The highest BCUT2D eigenvalue weighted by molar-refractivity contribution is 7.89. The summed E-state index contributed by atoms with van der Waals surface area (Å²) in [6.07, 6.45) is 3.74. The summed E-state index contributed by atoms with van der Waals surface area (Å²) in [6, 6.07) is 8.74. The Morgan fingerprint density at radius 1 is 1.23 bits per heavy atom. The lowest BCUT2D eigenvalue weighted by Gasteiger charge is -2.28. The van der Waals surface area contributed by atoms with E-state index in [0.29, 0.717) is 6.54 Å². The van der Waals surface area contributed by atoms with Gasteiger partial charge >= 0.3 is 0 Å². The summed E-state index contributed by atoms with van der Waals surface area (Å²) in [6.45, 7) is 4.10. The lowest BCUT2D eigenvalue weighted by atomic mass is 10.2. The number of hydrogen-bond acceptors (Lipinski definition) is 5. The van der Waals surface area contributed by atoms with Gasteiger partial charge in [-0.1, -0.05) is 13.8 Å². The van der Waals surface area contributed by atoms with Crippen LogP contribution in [0, 0.1) is 16.0 Å². The van der Waals surface area contributed by atoms with Gasteiger partial charge in [0.05, 0.1) is 22.9 Å². The number of carbonyl (C=O) groups is 1. The summed E-state index contributed by atoms with van der Waals surface area (Å²) in [5.41, 5.74) is 0.793. The molecule has 0 spiro atoms. The summed E-state index contributed by atoms with van der Waals surface area (Å²) >= 11 is 0. The minimum Gasteiger partial charge on any atom is -0.353 e. The summed E-state index contributed by atoms with van der Waals surface area (Å²) < 4.78 is 29.6. The van der Waals surface area contributed by atoms with Crippen LogP contribution in [-0.4, -0.2) is 52.2 Å². The molecule has 9 nitrogen and oxygen atoms in total. The second kappa shape index (κ2) is 9.19. The molecule has 0 unspecified atom stereocenters. The topological polar surface area (TPSA) is 106 Å². The fourth-order valence-corrected chi connectivity index (χ4v) is 4.98. The fraction of sp³-hybridized carbons (Fsp3) is 0.476. The Labute approximate surface area is 182 Å². The van der Waals surface area contributed by atoms with Crippen LogP contribution in [0.15, 0.2) is 47.5 Å². The van der Waals surface area contributed by atoms with Crippen LogP contribution >= 0.6 is 0 Å². The number of nitro benzene ring substituents is 1. The smallest absolute Gasteiger partial charge is 0.269 e. The fourth-order valence-electron chi connectivity index (χ4n) is 3.43. The van der Waals surface area contributed by atoms with Gasteiger partial charge in [0.2, 0.25) is 15.9 Å².